The summed E-state index contributed by atoms with van der Waals surface area (Å²) in [6, 6.07) is 12.9. The van der Waals surface area contributed by atoms with Crippen molar-refractivity contribution in [3.05, 3.63) is 71.2 Å². The van der Waals surface area contributed by atoms with Crippen molar-refractivity contribution in [1.29, 1.82) is 0 Å². The minimum atomic E-state index is -3.28. The third-order valence-corrected chi connectivity index (χ3v) is 7.63. The Morgan fingerprint density at radius 3 is 2.69 bits per heavy atom. The third-order valence-electron chi connectivity index (χ3n) is 5.06. The zero-order valence-corrected chi connectivity index (χ0v) is 17.5. The highest BCUT2D eigenvalue weighted by atomic mass is 32.2. The van der Waals surface area contributed by atoms with Gasteiger partial charge in [-0.3, -0.25) is 9.10 Å². The van der Waals surface area contributed by atoms with E-state index in [9.17, 15) is 13.2 Å². The largest absolute Gasteiger partial charge is 0.346 e. The molecule has 1 aromatic carbocycles. The van der Waals surface area contributed by atoms with Crippen molar-refractivity contribution in [3.8, 4) is 0 Å². The second-order valence-corrected chi connectivity index (χ2v) is 9.89. The monoisotopic (exact) mass is 429 g/mol. The van der Waals surface area contributed by atoms with Gasteiger partial charge in [0, 0.05) is 24.6 Å². The van der Waals surface area contributed by atoms with Crippen LogP contribution in [0.1, 0.15) is 30.9 Å². The molecule has 0 saturated carbocycles. The molecule has 152 valence electrons. The van der Waals surface area contributed by atoms with Crippen LogP contribution in [0.25, 0.3) is 0 Å². The number of nitrogens with one attached hydrogen (secondary N) is 1. The highest BCUT2D eigenvalue weighted by Crippen LogP contribution is 2.28. The number of sulfonamides is 1. The third kappa shape index (κ3) is 4.54. The van der Waals surface area contributed by atoms with Crippen LogP contribution in [0.15, 0.2) is 65.6 Å². The summed E-state index contributed by atoms with van der Waals surface area (Å²) in [7, 11) is -3.28. The predicted octanol–water partition coefficient (Wildman–Crippen LogP) is 4.10. The molecule has 0 bridgehead atoms. The molecule has 1 amide bonds. The molecule has 3 heterocycles. The highest BCUT2D eigenvalue weighted by Gasteiger charge is 2.26. The molecule has 1 N–H and O–H groups in total. The quantitative estimate of drug-likeness (QED) is 0.641. The average Bonchev–Trinajstić information content (AvgIpc) is 3.40. The molecule has 2 aromatic heterocycles. The normalized spacial score (nSPS) is 17.0. The number of benzene rings is 1. The van der Waals surface area contributed by atoms with Gasteiger partial charge in [0.1, 0.15) is 0 Å². The number of carbonyl (C=O) groups excluding carboxylic acids is 1. The van der Waals surface area contributed by atoms with E-state index in [0.29, 0.717) is 24.3 Å². The van der Waals surface area contributed by atoms with Crippen LogP contribution in [0.4, 0.5) is 11.4 Å². The Morgan fingerprint density at radius 2 is 1.97 bits per heavy atom. The van der Waals surface area contributed by atoms with Gasteiger partial charge in [-0.1, -0.05) is 6.07 Å². The Morgan fingerprint density at radius 1 is 1.14 bits per heavy atom. The number of thiophene rings is 1. The minimum absolute atomic E-state index is 0.0816. The Labute approximate surface area is 174 Å². The second-order valence-electron chi connectivity index (χ2n) is 7.10. The first kappa shape index (κ1) is 19.7. The molecule has 29 heavy (non-hydrogen) atoms. The van der Waals surface area contributed by atoms with Gasteiger partial charge in [-0.25, -0.2) is 8.42 Å². The fourth-order valence-corrected chi connectivity index (χ4v) is 5.96. The molecular formula is C21H23N3O3S2. The average molecular weight is 430 g/mol. The van der Waals surface area contributed by atoms with Crippen LogP contribution in [-0.2, 0) is 14.8 Å². The summed E-state index contributed by atoms with van der Waals surface area (Å²) >= 11 is 1.61. The van der Waals surface area contributed by atoms with E-state index in [0.717, 1.165) is 12.0 Å². The van der Waals surface area contributed by atoms with Crippen LogP contribution in [0, 0.1) is 0 Å². The molecule has 3 aromatic rings. The van der Waals surface area contributed by atoms with Gasteiger partial charge in [-0.2, -0.15) is 11.3 Å². The van der Waals surface area contributed by atoms with Gasteiger partial charge in [-0.05, 0) is 65.6 Å². The first-order valence-electron chi connectivity index (χ1n) is 9.58. The number of rotatable bonds is 6. The summed E-state index contributed by atoms with van der Waals surface area (Å²) in [4.78, 5) is 12.8. The molecule has 0 unspecified atom stereocenters. The standard InChI is InChI=1S/C21H23N3O3S2/c25-21(15-20(17-8-12-28-16-17)23-9-1-2-10-23)22-18-6-5-7-19(14-18)24-11-3-4-13-29(24,26)27/h1-2,5-10,12,14,16,20H,3-4,11,13,15H2,(H,22,25)/t20-/m0/s1. The molecule has 4 rings (SSSR count). The van der Waals surface area contributed by atoms with Crippen molar-refractivity contribution in [2.45, 2.75) is 25.3 Å². The lowest BCUT2D eigenvalue weighted by Crippen LogP contribution is -2.37. The number of amides is 1. The van der Waals surface area contributed by atoms with Crippen LogP contribution in [0.5, 0.6) is 0 Å². The second kappa shape index (κ2) is 8.42. The number of aromatic nitrogens is 1. The fraction of sp³-hybridized carbons (Fsp3) is 0.286. The summed E-state index contributed by atoms with van der Waals surface area (Å²) < 4.78 is 28.2. The topological polar surface area (TPSA) is 71.4 Å². The van der Waals surface area contributed by atoms with Gasteiger partial charge in [0.15, 0.2) is 0 Å². The van der Waals surface area contributed by atoms with E-state index in [1.54, 1.807) is 35.6 Å². The van der Waals surface area contributed by atoms with E-state index in [2.05, 4.69) is 10.7 Å². The first-order valence-corrected chi connectivity index (χ1v) is 12.1. The summed E-state index contributed by atoms with van der Waals surface area (Å²) in [5, 5.41) is 6.99. The number of anilines is 2. The van der Waals surface area contributed by atoms with Crippen molar-refractivity contribution >= 4 is 38.6 Å². The van der Waals surface area contributed by atoms with Gasteiger partial charge in [0.05, 0.1) is 23.9 Å². The van der Waals surface area contributed by atoms with Crippen LogP contribution < -0.4 is 9.62 Å². The van der Waals surface area contributed by atoms with Gasteiger partial charge in [0.2, 0.25) is 15.9 Å². The van der Waals surface area contributed by atoms with E-state index < -0.39 is 10.0 Å². The van der Waals surface area contributed by atoms with Crippen molar-refractivity contribution in [1.82, 2.24) is 4.57 Å². The maximum atomic E-state index is 12.8. The predicted molar refractivity (Wildman–Crippen MR) is 117 cm³/mol. The zero-order chi connectivity index (χ0) is 20.3. The Kier molecular flexibility index (Phi) is 5.73. The smallest absolute Gasteiger partial charge is 0.235 e. The molecule has 1 atom stereocenters. The Hall–Kier alpha value is -2.58. The minimum Gasteiger partial charge on any atom is -0.346 e. The lowest BCUT2D eigenvalue weighted by atomic mass is 10.1. The molecular weight excluding hydrogens is 406 g/mol. The zero-order valence-electron chi connectivity index (χ0n) is 15.9. The molecule has 8 heteroatoms. The maximum Gasteiger partial charge on any atom is 0.235 e. The number of hydrogen-bond acceptors (Lipinski definition) is 4. The summed E-state index contributed by atoms with van der Waals surface area (Å²) in [6.07, 6.45) is 5.74. The number of carbonyl (C=O) groups is 1. The molecule has 0 aliphatic carbocycles. The van der Waals surface area contributed by atoms with Crippen molar-refractivity contribution in [2.75, 3.05) is 21.9 Å². The number of hydrogen-bond donors (Lipinski definition) is 1. The fourth-order valence-electron chi connectivity index (χ4n) is 3.62. The van der Waals surface area contributed by atoms with Gasteiger partial charge in [0.25, 0.3) is 0 Å². The van der Waals surface area contributed by atoms with Crippen molar-refractivity contribution < 1.29 is 13.2 Å². The van der Waals surface area contributed by atoms with E-state index in [1.165, 1.54) is 4.31 Å². The first-order chi connectivity index (χ1) is 14.0. The highest BCUT2D eigenvalue weighted by molar-refractivity contribution is 7.92. The van der Waals surface area contributed by atoms with Crippen LogP contribution in [0.3, 0.4) is 0 Å². The molecule has 1 aliphatic rings. The summed E-state index contributed by atoms with van der Waals surface area (Å²) in [5.41, 5.74) is 2.29. The number of nitrogens with zero attached hydrogens (tertiary/aromatic N) is 2. The Balaban J connectivity index is 1.50. The molecule has 1 saturated heterocycles. The SMILES string of the molecule is O=C(C[C@@H](c1ccsc1)n1cccc1)Nc1cccc(N2CCCCS2(=O)=O)c1. The van der Waals surface area contributed by atoms with Crippen LogP contribution in [0.2, 0.25) is 0 Å². The maximum absolute atomic E-state index is 12.8. The van der Waals surface area contributed by atoms with E-state index in [-0.39, 0.29) is 24.1 Å². The Bertz CT molecular complexity index is 1030. The van der Waals surface area contributed by atoms with E-state index in [1.807, 2.05) is 40.5 Å². The van der Waals surface area contributed by atoms with Crippen molar-refractivity contribution in [3.63, 3.8) is 0 Å². The van der Waals surface area contributed by atoms with Crippen LogP contribution in [-0.4, -0.2) is 31.2 Å². The molecule has 6 nitrogen and oxygen atoms in total. The summed E-state index contributed by atoms with van der Waals surface area (Å²) in [6.45, 7) is 0.480. The van der Waals surface area contributed by atoms with E-state index >= 15 is 0 Å². The lowest BCUT2D eigenvalue weighted by molar-refractivity contribution is -0.116. The van der Waals surface area contributed by atoms with Gasteiger partial charge < -0.3 is 9.88 Å². The van der Waals surface area contributed by atoms with E-state index in [4.69, 9.17) is 0 Å². The van der Waals surface area contributed by atoms with Crippen LogP contribution >= 0.6 is 11.3 Å². The summed E-state index contributed by atoms with van der Waals surface area (Å²) in [5.74, 6) is 0.0523. The molecule has 0 spiro atoms. The lowest BCUT2D eigenvalue weighted by Gasteiger charge is -2.28. The molecule has 1 fully saturated rings. The van der Waals surface area contributed by atoms with Gasteiger partial charge in [-0.15, -0.1) is 0 Å². The molecule has 1 aliphatic heterocycles. The van der Waals surface area contributed by atoms with Gasteiger partial charge >= 0.3 is 0 Å². The van der Waals surface area contributed by atoms with Crippen molar-refractivity contribution in [2.24, 2.45) is 0 Å². The molecule has 0 radical (unpaired) electrons.